The fourth-order valence-electron chi connectivity index (χ4n) is 1.08. The standard InChI is InChI=1S/C6H12O5/c1-2(7)5-3(8)4(9)6(10)11-5/h2-10H,1H3/t2-,3-,4-,5+,6?/m1/s1. The Hall–Kier alpha value is -0.200. The third-order valence-corrected chi connectivity index (χ3v) is 1.75. The molecule has 1 aliphatic heterocycles. The Morgan fingerprint density at radius 2 is 1.73 bits per heavy atom. The van der Waals surface area contributed by atoms with Gasteiger partial charge in [0.05, 0.1) is 6.10 Å². The lowest BCUT2D eigenvalue weighted by Crippen LogP contribution is -2.37. The highest BCUT2D eigenvalue weighted by molar-refractivity contribution is 4.88. The van der Waals surface area contributed by atoms with Gasteiger partial charge in [0.1, 0.15) is 18.3 Å². The van der Waals surface area contributed by atoms with Crippen molar-refractivity contribution in [2.75, 3.05) is 0 Å². The van der Waals surface area contributed by atoms with Crippen LogP contribution >= 0.6 is 0 Å². The molecule has 1 heterocycles. The highest BCUT2D eigenvalue weighted by atomic mass is 16.6. The van der Waals surface area contributed by atoms with Gasteiger partial charge < -0.3 is 25.2 Å². The largest absolute Gasteiger partial charge is 0.391 e. The molecule has 5 atom stereocenters. The molecule has 0 aromatic heterocycles. The summed E-state index contributed by atoms with van der Waals surface area (Å²) in [5.41, 5.74) is 0. The van der Waals surface area contributed by atoms with E-state index < -0.39 is 30.7 Å². The maximum absolute atomic E-state index is 9.10. The van der Waals surface area contributed by atoms with Gasteiger partial charge in [0.2, 0.25) is 0 Å². The van der Waals surface area contributed by atoms with Crippen LogP contribution in [0.1, 0.15) is 6.92 Å². The monoisotopic (exact) mass is 164 g/mol. The lowest BCUT2D eigenvalue weighted by molar-refractivity contribution is -0.143. The highest BCUT2D eigenvalue weighted by Crippen LogP contribution is 2.21. The first kappa shape index (κ1) is 8.89. The van der Waals surface area contributed by atoms with E-state index in [-0.39, 0.29) is 0 Å². The van der Waals surface area contributed by atoms with Crippen LogP contribution in [0.25, 0.3) is 0 Å². The molecule has 1 aliphatic rings. The van der Waals surface area contributed by atoms with Crippen LogP contribution in [0, 0.1) is 0 Å². The second-order valence-electron chi connectivity index (χ2n) is 2.71. The predicted molar refractivity (Wildman–Crippen MR) is 34.6 cm³/mol. The molecule has 66 valence electrons. The van der Waals surface area contributed by atoms with Crippen molar-refractivity contribution in [3.05, 3.63) is 0 Å². The van der Waals surface area contributed by atoms with Crippen molar-refractivity contribution < 1.29 is 25.2 Å². The maximum atomic E-state index is 9.10. The average molecular weight is 164 g/mol. The Morgan fingerprint density at radius 1 is 1.18 bits per heavy atom. The number of aliphatic hydroxyl groups excluding tert-OH is 4. The van der Waals surface area contributed by atoms with Gasteiger partial charge in [0.25, 0.3) is 0 Å². The minimum Gasteiger partial charge on any atom is -0.391 e. The van der Waals surface area contributed by atoms with E-state index in [2.05, 4.69) is 4.74 Å². The molecule has 0 bridgehead atoms. The molecule has 0 aromatic rings. The summed E-state index contributed by atoms with van der Waals surface area (Å²) < 4.78 is 4.65. The highest BCUT2D eigenvalue weighted by Gasteiger charge is 2.43. The van der Waals surface area contributed by atoms with Crippen LogP contribution in [0.15, 0.2) is 0 Å². The van der Waals surface area contributed by atoms with Crippen LogP contribution in [0.3, 0.4) is 0 Å². The van der Waals surface area contributed by atoms with Gasteiger partial charge in [-0.1, -0.05) is 0 Å². The van der Waals surface area contributed by atoms with Gasteiger partial charge >= 0.3 is 0 Å². The van der Waals surface area contributed by atoms with Crippen LogP contribution in [0.2, 0.25) is 0 Å². The summed E-state index contributed by atoms with van der Waals surface area (Å²) in [7, 11) is 0. The Kier molecular flexibility index (Phi) is 2.46. The van der Waals surface area contributed by atoms with Gasteiger partial charge in [0, 0.05) is 0 Å². The first-order valence-electron chi connectivity index (χ1n) is 3.41. The molecule has 1 saturated heterocycles. The third-order valence-electron chi connectivity index (χ3n) is 1.75. The second kappa shape index (κ2) is 3.04. The van der Waals surface area contributed by atoms with Crippen LogP contribution in [0.5, 0.6) is 0 Å². The fourth-order valence-corrected chi connectivity index (χ4v) is 1.08. The van der Waals surface area contributed by atoms with E-state index in [0.29, 0.717) is 0 Å². The van der Waals surface area contributed by atoms with Gasteiger partial charge in [-0.05, 0) is 6.92 Å². The van der Waals surface area contributed by atoms with E-state index in [1.807, 2.05) is 0 Å². The zero-order valence-electron chi connectivity index (χ0n) is 6.08. The number of rotatable bonds is 1. The van der Waals surface area contributed by atoms with Crippen molar-refractivity contribution in [2.24, 2.45) is 0 Å². The Morgan fingerprint density at radius 3 is 1.91 bits per heavy atom. The van der Waals surface area contributed by atoms with E-state index in [0.717, 1.165) is 0 Å². The summed E-state index contributed by atoms with van der Waals surface area (Å²) in [6.07, 6.45) is -5.75. The van der Waals surface area contributed by atoms with Crippen LogP contribution in [0.4, 0.5) is 0 Å². The molecule has 0 saturated carbocycles. The summed E-state index contributed by atoms with van der Waals surface area (Å²) in [4.78, 5) is 0. The van der Waals surface area contributed by atoms with E-state index in [9.17, 15) is 0 Å². The minimum absolute atomic E-state index is 0.903. The van der Waals surface area contributed by atoms with Crippen molar-refractivity contribution in [1.29, 1.82) is 0 Å². The van der Waals surface area contributed by atoms with Crippen molar-refractivity contribution >= 4 is 0 Å². The molecule has 4 N–H and O–H groups in total. The molecule has 0 aliphatic carbocycles. The summed E-state index contributed by atoms with van der Waals surface area (Å²) in [5, 5.41) is 35.8. The second-order valence-corrected chi connectivity index (χ2v) is 2.71. The fraction of sp³-hybridized carbons (Fsp3) is 1.00. The molecule has 11 heavy (non-hydrogen) atoms. The van der Waals surface area contributed by atoms with Crippen molar-refractivity contribution in [3.8, 4) is 0 Å². The van der Waals surface area contributed by atoms with Crippen molar-refractivity contribution in [2.45, 2.75) is 37.6 Å². The quantitative estimate of drug-likeness (QED) is 0.353. The van der Waals surface area contributed by atoms with Crippen molar-refractivity contribution in [1.82, 2.24) is 0 Å². The van der Waals surface area contributed by atoms with E-state index in [1.165, 1.54) is 6.92 Å². The average Bonchev–Trinajstić information content (AvgIpc) is 2.17. The van der Waals surface area contributed by atoms with E-state index in [4.69, 9.17) is 20.4 Å². The molecule has 5 nitrogen and oxygen atoms in total. The first-order chi connectivity index (χ1) is 5.04. The molecule has 5 heteroatoms. The number of hydrogen-bond donors (Lipinski definition) is 4. The first-order valence-corrected chi connectivity index (χ1v) is 3.41. The molecular weight excluding hydrogens is 152 g/mol. The zero-order valence-corrected chi connectivity index (χ0v) is 6.08. The normalized spacial score (nSPS) is 47.7. The molecule has 0 radical (unpaired) electrons. The lowest BCUT2D eigenvalue weighted by Gasteiger charge is -2.16. The van der Waals surface area contributed by atoms with Gasteiger partial charge in [-0.15, -0.1) is 0 Å². The summed E-state index contributed by atoms with van der Waals surface area (Å²) in [5.74, 6) is 0. The van der Waals surface area contributed by atoms with Gasteiger partial charge in [0.15, 0.2) is 6.29 Å². The summed E-state index contributed by atoms with van der Waals surface area (Å²) >= 11 is 0. The number of hydrogen-bond acceptors (Lipinski definition) is 5. The molecule has 1 unspecified atom stereocenters. The molecular formula is C6H12O5. The van der Waals surface area contributed by atoms with Crippen LogP contribution in [-0.2, 0) is 4.74 Å². The number of aliphatic hydroxyl groups is 4. The minimum atomic E-state index is -1.40. The molecule has 0 spiro atoms. The van der Waals surface area contributed by atoms with Crippen molar-refractivity contribution in [3.63, 3.8) is 0 Å². The Balaban J connectivity index is 2.59. The zero-order chi connectivity index (χ0) is 8.59. The van der Waals surface area contributed by atoms with Crippen LogP contribution in [-0.4, -0.2) is 51.1 Å². The topological polar surface area (TPSA) is 90.2 Å². The van der Waals surface area contributed by atoms with Gasteiger partial charge in [-0.2, -0.15) is 0 Å². The molecule has 1 rings (SSSR count). The lowest BCUT2D eigenvalue weighted by atomic mass is 10.1. The summed E-state index contributed by atoms with van der Waals surface area (Å²) in [6.45, 7) is 1.42. The maximum Gasteiger partial charge on any atom is 0.184 e. The smallest absolute Gasteiger partial charge is 0.184 e. The Labute approximate surface area is 63.8 Å². The SMILES string of the molecule is C[C@@H](O)[C@@H]1OC(O)[C@H](O)[C@H]1O. The predicted octanol–water partition coefficient (Wildman–Crippen LogP) is -2.19. The van der Waals surface area contributed by atoms with Crippen LogP contribution < -0.4 is 0 Å². The molecule has 0 aromatic carbocycles. The van der Waals surface area contributed by atoms with Gasteiger partial charge in [-0.3, -0.25) is 0 Å². The van der Waals surface area contributed by atoms with E-state index >= 15 is 0 Å². The Bertz CT molecular complexity index is 137. The number of ether oxygens (including phenoxy) is 1. The molecule has 0 amide bonds. The third kappa shape index (κ3) is 1.52. The van der Waals surface area contributed by atoms with Gasteiger partial charge in [-0.25, -0.2) is 0 Å². The summed E-state index contributed by atoms with van der Waals surface area (Å²) in [6, 6.07) is 0. The van der Waals surface area contributed by atoms with E-state index in [1.54, 1.807) is 0 Å². The molecule has 1 fully saturated rings.